The number of aromatic nitrogens is 2. The van der Waals surface area contributed by atoms with Crippen molar-refractivity contribution in [2.75, 3.05) is 11.9 Å². The van der Waals surface area contributed by atoms with Gasteiger partial charge in [-0.25, -0.2) is 4.52 Å². The van der Waals surface area contributed by atoms with E-state index in [2.05, 4.69) is 26.3 Å². The van der Waals surface area contributed by atoms with E-state index in [9.17, 15) is 9.90 Å². The molecule has 27 heavy (non-hydrogen) atoms. The Kier molecular flexibility index (Phi) is 6.10. The van der Waals surface area contributed by atoms with Crippen LogP contribution in [0.1, 0.15) is 22.8 Å². The number of ether oxygens (including phenoxy) is 1. The molecule has 0 aliphatic heterocycles. The van der Waals surface area contributed by atoms with Crippen molar-refractivity contribution < 1.29 is 14.6 Å². The van der Waals surface area contributed by atoms with E-state index >= 15 is 0 Å². The Bertz CT molecular complexity index is 929. The first-order valence-corrected chi connectivity index (χ1v) is 9.28. The molecule has 1 unspecified atom stereocenters. The van der Waals surface area contributed by atoms with Crippen LogP contribution in [0.5, 0.6) is 0 Å². The van der Waals surface area contributed by atoms with Crippen LogP contribution in [0.2, 0.25) is 0 Å². The maximum absolute atomic E-state index is 11.9. The third-order valence-electron chi connectivity index (χ3n) is 4.32. The Hall–Kier alpha value is -2.42. The largest absolute Gasteiger partial charge is 0.394 e. The number of nitrogens with two attached hydrogens (primary N) is 1. The highest BCUT2D eigenvalue weighted by Gasteiger charge is 2.22. The number of rotatable bonds is 8. The third kappa shape index (κ3) is 4.47. The van der Waals surface area contributed by atoms with Gasteiger partial charge in [-0.05, 0) is 34.5 Å². The van der Waals surface area contributed by atoms with E-state index in [0.717, 1.165) is 10.0 Å². The van der Waals surface area contributed by atoms with Gasteiger partial charge < -0.3 is 20.9 Å². The Morgan fingerprint density at radius 2 is 2.15 bits per heavy atom. The van der Waals surface area contributed by atoms with Gasteiger partial charge in [-0.1, -0.05) is 30.3 Å². The lowest BCUT2D eigenvalue weighted by Crippen LogP contribution is -2.37. The fraction of sp³-hybridized carbons (Fsp3) is 0.263. The number of primary amides is 1. The summed E-state index contributed by atoms with van der Waals surface area (Å²) in [6.07, 6.45) is 2.87. The van der Waals surface area contributed by atoms with E-state index in [-0.39, 0.29) is 18.3 Å². The van der Waals surface area contributed by atoms with Crippen molar-refractivity contribution in [1.82, 2.24) is 9.61 Å². The van der Waals surface area contributed by atoms with E-state index in [1.807, 2.05) is 43.3 Å². The average molecular weight is 433 g/mol. The van der Waals surface area contributed by atoms with Gasteiger partial charge in [-0.2, -0.15) is 5.10 Å². The van der Waals surface area contributed by atoms with Crippen LogP contribution in [-0.2, 0) is 11.3 Å². The smallest absolute Gasteiger partial charge is 0.252 e. The number of halogens is 1. The lowest BCUT2D eigenvalue weighted by molar-refractivity contribution is 0.0276. The minimum absolute atomic E-state index is 0.176. The number of fused-ring (bicyclic) bond motifs is 1. The quantitative estimate of drug-likeness (QED) is 0.507. The standard InChI is InChI=1S/C19H21BrN4O3/c1-12(27-11-13-5-3-2-4-6-13)16(10-25)23-18-15(19(21)26)8-22-24-9-14(20)7-17(18)24/h2-9,12,16,23,25H,10-11H2,1H3,(H2,21,26)/t12-,16?/m1/s1. The van der Waals surface area contributed by atoms with Crippen molar-refractivity contribution in [2.45, 2.75) is 25.7 Å². The van der Waals surface area contributed by atoms with Gasteiger partial charge in [0.05, 0.1) is 48.3 Å². The Morgan fingerprint density at radius 1 is 1.41 bits per heavy atom. The maximum atomic E-state index is 11.9. The average Bonchev–Trinajstić information content (AvgIpc) is 3.05. The van der Waals surface area contributed by atoms with Crippen LogP contribution in [0.25, 0.3) is 5.52 Å². The van der Waals surface area contributed by atoms with Gasteiger partial charge in [0.25, 0.3) is 5.91 Å². The summed E-state index contributed by atoms with van der Waals surface area (Å²) in [5.41, 5.74) is 7.99. The molecule has 142 valence electrons. The summed E-state index contributed by atoms with van der Waals surface area (Å²) in [6, 6.07) is 11.2. The van der Waals surface area contributed by atoms with Crippen LogP contribution < -0.4 is 11.1 Å². The predicted molar refractivity (Wildman–Crippen MR) is 107 cm³/mol. The van der Waals surface area contributed by atoms with Crippen molar-refractivity contribution in [3.8, 4) is 0 Å². The number of nitrogens with zero attached hydrogens (tertiary/aromatic N) is 2. The first kappa shape index (κ1) is 19.3. The lowest BCUT2D eigenvalue weighted by Gasteiger charge is -2.26. The maximum Gasteiger partial charge on any atom is 0.252 e. The number of carbonyl (C=O) groups is 1. The number of hydrogen-bond acceptors (Lipinski definition) is 5. The zero-order valence-electron chi connectivity index (χ0n) is 14.8. The molecule has 0 spiro atoms. The monoisotopic (exact) mass is 432 g/mol. The van der Waals surface area contributed by atoms with Gasteiger partial charge >= 0.3 is 0 Å². The molecule has 7 nitrogen and oxygen atoms in total. The summed E-state index contributed by atoms with van der Waals surface area (Å²) < 4.78 is 8.34. The normalized spacial score (nSPS) is 13.4. The molecule has 1 aromatic carbocycles. The highest BCUT2D eigenvalue weighted by Crippen LogP contribution is 2.26. The molecule has 8 heteroatoms. The molecule has 0 fully saturated rings. The molecule has 0 radical (unpaired) electrons. The van der Waals surface area contributed by atoms with Crippen LogP contribution in [0.4, 0.5) is 5.69 Å². The number of aliphatic hydroxyl groups excluding tert-OH is 1. The SMILES string of the molecule is C[C@@H](OCc1ccccc1)C(CO)Nc1c(C(N)=O)cnn2cc(Br)cc12. The third-order valence-corrected chi connectivity index (χ3v) is 4.75. The molecule has 3 aromatic rings. The van der Waals surface area contributed by atoms with Crippen molar-refractivity contribution >= 4 is 33.0 Å². The Morgan fingerprint density at radius 3 is 2.81 bits per heavy atom. The lowest BCUT2D eigenvalue weighted by atomic mass is 10.1. The molecule has 0 aliphatic carbocycles. The van der Waals surface area contributed by atoms with Crippen LogP contribution in [0, 0.1) is 0 Å². The second-order valence-corrected chi connectivity index (χ2v) is 7.14. The fourth-order valence-electron chi connectivity index (χ4n) is 2.78. The van der Waals surface area contributed by atoms with Crippen molar-refractivity contribution in [3.05, 3.63) is 64.4 Å². The van der Waals surface area contributed by atoms with Crippen molar-refractivity contribution in [3.63, 3.8) is 0 Å². The van der Waals surface area contributed by atoms with Gasteiger partial charge in [0.15, 0.2) is 0 Å². The van der Waals surface area contributed by atoms with Gasteiger partial charge in [-0.15, -0.1) is 0 Å². The summed E-state index contributed by atoms with van der Waals surface area (Å²) in [4.78, 5) is 11.9. The minimum atomic E-state index is -0.598. The zero-order chi connectivity index (χ0) is 19.4. The molecule has 3 rings (SSSR count). The van der Waals surface area contributed by atoms with E-state index < -0.39 is 11.9 Å². The van der Waals surface area contributed by atoms with Crippen LogP contribution >= 0.6 is 15.9 Å². The van der Waals surface area contributed by atoms with E-state index in [4.69, 9.17) is 10.5 Å². The summed E-state index contributed by atoms with van der Waals surface area (Å²) in [6.45, 7) is 2.11. The summed E-state index contributed by atoms with van der Waals surface area (Å²) in [7, 11) is 0. The molecule has 0 saturated heterocycles. The molecule has 2 heterocycles. The Labute approximate surface area is 165 Å². The molecule has 1 amide bonds. The molecule has 2 atom stereocenters. The summed E-state index contributed by atoms with van der Waals surface area (Å²) >= 11 is 3.40. The molecule has 0 aliphatic rings. The van der Waals surface area contributed by atoms with E-state index in [0.29, 0.717) is 17.8 Å². The van der Waals surface area contributed by atoms with Gasteiger partial charge in [0, 0.05) is 10.7 Å². The van der Waals surface area contributed by atoms with Gasteiger partial charge in [0.2, 0.25) is 0 Å². The zero-order valence-corrected chi connectivity index (χ0v) is 16.4. The summed E-state index contributed by atoms with van der Waals surface area (Å²) in [5.74, 6) is -0.598. The molecule has 0 bridgehead atoms. The predicted octanol–water partition coefficient (Wildman–Crippen LogP) is 2.57. The van der Waals surface area contributed by atoms with E-state index in [1.54, 1.807) is 10.7 Å². The Balaban J connectivity index is 1.82. The first-order chi connectivity index (χ1) is 13.0. The number of anilines is 1. The van der Waals surface area contributed by atoms with E-state index in [1.165, 1.54) is 6.20 Å². The number of aliphatic hydroxyl groups is 1. The molecular weight excluding hydrogens is 412 g/mol. The van der Waals surface area contributed by atoms with Gasteiger partial charge in [0.1, 0.15) is 0 Å². The number of carbonyl (C=O) groups excluding carboxylic acids is 1. The summed E-state index contributed by atoms with van der Waals surface area (Å²) in [5, 5.41) is 17.3. The highest BCUT2D eigenvalue weighted by atomic mass is 79.9. The second-order valence-electron chi connectivity index (χ2n) is 6.22. The highest BCUT2D eigenvalue weighted by molar-refractivity contribution is 9.10. The molecule has 4 N–H and O–H groups in total. The van der Waals surface area contributed by atoms with Gasteiger partial charge in [-0.3, -0.25) is 4.79 Å². The number of benzene rings is 1. The number of amides is 1. The van der Waals surface area contributed by atoms with Crippen LogP contribution in [-0.4, -0.2) is 39.4 Å². The first-order valence-electron chi connectivity index (χ1n) is 8.49. The second kappa shape index (κ2) is 8.51. The molecule has 2 aromatic heterocycles. The fourth-order valence-corrected chi connectivity index (χ4v) is 3.19. The van der Waals surface area contributed by atoms with Crippen LogP contribution in [0.3, 0.4) is 0 Å². The number of nitrogens with one attached hydrogen (secondary N) is 1. The minimum Gasteiger partial charge on any atom is -0.394 e. The van der Waals surface area contributed by atoms with Crippen molar-refractivity contribution in [2.24, 2.45) is 5.73 Å². The topological polar surface area (TPSA) is 102 Å². The van der Waals surface area contributed by atoms with Crippen molar-refractivity contribution in [1.29, 1.82) is 0 Å². The number of hydrogen-bond donors (Lipinski definition) is 3. The molecular formula is C19H21BrN4O3. The van der Waals surface area contributed by atoms with Crippen LogP contribution in [0.15, 0.2) is 53.3 Å². The molecule has 0 saturated carbocycles.